The van der Waals surface area contributed by atoms with E-state index in [0.717, 1.165) is 6.42 Å². The fourth-order valence-corrected chi connectivity index (χ4v) is 1.39. The van der Waals surface area contributed by atoms with E-state index in [9.17, 15) is 14.4 Å². The lowest BCUT2D eigenvalue weighted by atomic mass is 10.2. The molecule has 0 atom stereocenters. The van der Waals surface area contributed by atoms with E-state index in [1.807, 2.05) is 6.92 Å². The van der Waals surface area contributed by atoms with Crippen LogP contribution in [0.2, 0.25) is 0 Å². The summed E-state index contributed by atoms with van der Waals surface area (Å²) in [6, 6.07) is 0. The van der Waals surface area contributed by atoms with Crippen LogP contribution in [0.4, 0.5) is 0 Å². The molecule has 0 bridgehead atoms. The highest BCUT2D eigenvalue weighted by Crippen LogP contribution is 1.99. The number of carboxylic acid groups (broad SMARTS) is 1. The van der Waals surface area contributed by atoms with Gasteiger partial charge in [-0.1, -0.05) is 6.92 Å². The molecule has 2 N–H and O–H groups in total. The molecule has 0 aromatic rings. The second-order valence-corrected chi connectivity index (χ2v) is 4.05. The fraction of sp³-hybridized carbons (Fsp3) is 0.750. The molecule has 0 aliphatic rings. The molecule has 0 aromatic heterocycles. The molecular weight excluding hydrogens is 252 g/mol. The molecule has 0 aliphatic heterocycles. The molecule has 0 rings (SSSR count). The maximum atomic E-state index is 11.8. The van der Waals surface area contributed by atoms with Crippen LogP contribution in [0, 0.1) is 0 Å². The number of aliphatic carboxylic acids is 1. The zero-order valence-electron chi connectivity index (χ0n) is 11.5. The van der Waals surface area contributed by atoms with Crippen molar-refractivity contribution >= 4 is 17.8 Å². The van der Waals surface area contributed by atoms with E-state index in [-0.39, 0.29) is 44.4 Å². The first-order chi connectivity index (χ1) is 9.01. The Morgan fingerprint density at radius 3 is 2.47 bits per heavy atom. The molecular formula is C12H22N2O5. The number of ether oxygens (including phenoxy) is 1. The molecule has 0 spiro atoms. The predicted molar refractivity (Wildman–Crippen MR) is 68.6 cm³/mol. The second kappa shape index (κ2) is 10.3. The molecule has 110 valence electrons. The zero-order chi connectivity index (χ0) is 14.7. The van der Waals surface area contributed by atoms with Crippen molar-refractivity contribution in [2.75, 3.05) is 33.4 Å². The summed E-state index contributed by atoms with van der Waals surface area (Å²) in [5.74, 6) is -1.64. The van der Waals surface area contributed by atoms with E-state index in [4.69, 9.17) is 9.84 Å². The van der Waals surface area contributed by atoms with Crippen LogP contribution in [-0.2, 0) is 19.1 Å². The Balaban J connectivity index is 4.15. The minimum atomic E-state index is -1.08. The topological polar surface area (TPSA) is 95.9 Å². The van der Waals surface area contributed by atoms with Gasteiger partial charge in [0.15, 0.2) is 0 Å². The lowest BCUT2D eigenvalue weighted by molar-refractivity contribution is -0.145. The summed E-state index contributed by atoms with van der Waals surface area (Å²) >= 11 is 0. The first-order valence-corrected chi connectivity index (χ1v) is 6.26. The molecule has 0 saturated heterocycles. The van der Waals surface area contributed by atoms with Crippen molar-refractivity contribution in [1.82, 2.24) is 10.2 Å². The molecule has 0 fully saturated rings. The Morgan fingerprint density at radius 2 is 1.95 bits per heavy atom. The van der Waals surface area contributed by atoms with Gasteiger partial charge < -0.3 is 20.1 Å². The van der Waals surface area contributed by atoms with Crippen molar-refractivity contribution in [3.8, 4) is 0 Å². The van der Waals surface area contributed by atoms with Gasteiger partial charge in [0.05, 0.1) is 6.61 Å². The molecule has 0 saturated carbocycles. The first kappa shape index (κ1) is 17.4. The Bertz CT molecular complexity index is 306. The number of carbonyl (C=O) groups excluding carboxylic acids is 2. The number of nitrogens with one attached hydrogen (secondary N) is 1. The Kier molecular flexibility index (Phi) is 9.42. The molecule has 0 radical (unpaired) electrons. The number of carbonyl (C=O) groups is 3. The van der Waals surface area contributed by atoms with Crippen molar-refractivity contribution in [1.29, 1.82) is 0 Å². The Morgan fingerprint density at radius 1 is 1.26 bits per heavy atom. The van der Waals surface area contributed by atoms with E-state index in [2.05, 4.69) is 5.32 Å². The van der Waals surface area contributed by atoms with Crippen LogP contribution in [0.5, 0.6) is 0 Å². The van der Waals surface area contributed by atoms with Crippen molar-refractivity contribution in [3.05, 3.63) is 0 Å². The molecule has 7 nitrogen and oxygen atoms in total. The third-order valence-electron chi connectivity index (χ3n) is 2.38. The number of amides is 2. The van der Waals surface area contributed by atoms with Crippen molar-refractivity contribution < 1.29 is 24.2 Å². The third kappa shape index (κ3) is 9.01. The van der Waals surface area contributed by atoms with Crippen LogP contribution >= 0.6 is 0 Å². The first-order valence-electron chi connectivity index (χ1n) is 6.26. The van der Waals surface area contributed by atoms with Crippen molar-refractivity contribution in [2.24, 2.45) is 0 Å². The number of carboxylic acids is 1. The summed E-state index contributed by atoms with van der Waals surface area (Å²) in [5.41, 5.74) is 0. The minimum Gasteiger partial charge on any atom is -0.480 e. The van der Waals surface area contributed by atoms with Gasteiger partial charge in [-0.3, -0.25) is 14.4 Å². The number of hydrogen-bond acceptors (Lipinski definition) is 4. The number of rotatable bonds is 10. The molecule has 7 heteroatoms. The van der Waals surface area contributed by atoms with E-state index in [1.54, 1.807) is 0 Å². The van der Waals surface area contributed by atoms with Gasteiger partial charge in [-0.05, 0) is 6.42 Å². The molecule has 2 amide bonds. The smallest absolute Gasteiger partial charge is 0.323 e. The summed E-state index contributed by atoms with van der Waals surface area (Å²) in [4.78, 5) is 35.0. The van der Waals surface area contributed by atoms with Crippen LogP contribution in [0.15, 0.2) is 0 Å². The minimum absolute atomic E-state index is 0.00649. The molecule has 0 heterocycles. The van der Waals surface area contributed by atoms with Crippen LogP contribution in [0.3, 0.4) is 0 Å². The van der Waals surface area contributed by atoms with Gasteiger partial charge >= 0.3 is 5.97 Å². The van der Waals surface area contributed by atoms with Crippen LogP contribution in [0.25, 0.3) is 0 Å². The van der Waals surface area contributed by atoms with Gasteiger partial charge in [-0.25, -0.2) is 0 Å². The van der Waals surface area contributed by atoms with Gasteiger partial charge in [0.1, 0.15) is 6.54 Å². The van der Waals surface area contributed by atoms with Gasteiger partial charge in [-0.15, -0.1) is 0 Å². The number of hydrogen-bond donors (Lipinski definition) is 2. The van der Waals surface area contributed by atoms with E-state index >= 15 is 0 Å². The lowest BCUT2D eigenvalue weighted by Gasteiger charge is -2.20. The second-order valence-electron chi connectivity index (χ2n) is 4.05. The van der Waals surface area contributed by atoms with Crippen molar-refractivity contribution in [2.45, 2.75) is 26.2 Å². The highest BCUT2D eigenvalue weighted by Gasteiger charge is 2.17. The van der Waals surface area contributed by atoms with E-state index < -0.39 is 5.97 Å². The van der Waals surface area contributed by atoms with Gasteiger partial charge in [-0.2, -0.15) is 0 Å². The van der Waals surface area contributed by atoms with Gasteiger partial charge in [0.25, 0.3) is 0 Å². The van der Waals surface area contributed by atoms with Gasteiger partial charge in [0.2, 0.25) is 11.8 Å². The SMILES string of the molecule is CCCNC(=O)CCC(=O)N(CCOC)CC(=O)O. The monoisotopic (exact) mass is 274 g/mol. The molecule has 0 aromatic carbocycles. The summed E-state index contributed by atoms with van der Waals surface area (Å²) in [6.45, 7) is 2.61. The third-order valence-corrected chi connectivity index (χ3v) is 2.38. The quantitative estimate of drug-likeness (QED) is 0.577. The van der Waals surface area contributed by atoms with E-state index in [0.29, 0.717) is 6.54 Å². The Hall–Kier alpha value is -1.63. The average Bonchev–Trinajstić information content (AvgIpc) is 2.37. The summed E-state index contributed by atoms with van der Waals surface area (Å²) < 4.78 is 4.82. The highest BCUT2D eigenvalue weighted by atomic mass is 16.5. The van der Waals surface area contributed by atoms with Crippen LogP contribution < -0.4 is 5.32 Å². The average molecular weight is 274 g/mol. The summed E-state index contributed by atoms with van der Waals surface area (Å²) in [5, 5.41) is 11.4. The maximum Gasteiger partial charge on any atom is 0.323 e. The van der Waals surface area contributed by atoms with Crippen molar-refractivity contribution in [3.63, 3.8) is 0 Å². The fourth-order valence-electron chi connectivity index (χ4n) is 1.39. The maximum absolute atomic E-state index is 11.8. The highest BCUT2D eigenvalue weighted by molar-refractivity contribution is 5.85. The normalized spacial score (nSPS) is 10.0. The largest absolute Gasteiger partial charge is 0.480 e. The standard InChI is InChI=1S/C12H22N2O5/c1-3-6-13-10(15)4-5-11(16)14(7-8-19-2)9-12(17)18/h3-9H2,1-2H3,(H,13,15)(H,17,18). The number of nitrogens with zero attached hydrogens (tertiary/aromatic N) is 1. The lowest BCUT2D eigenvalue weighted by Crippen LogP contribution is -2.38. The number of methoxy groups -OCH3 is 1. The van der Waals surface area contributed by atoms with Gasteiger partial charge in [0, 0.05) is 33.0 Å². The van der Waals surface area contributed by atoms with E-state index in [1.165, 1.54) is 12.0 Å². The molecule has 0 aliphatic carbocycles. The predicted octanol–water partition coefficient (Wildman–Crippen LogP) is -0.148. The zero-order valence-corrected chi connectivity index (χ0v) is 11.5. The van der Waals surface area contributed by atoms with Crippen LogP contribution in [0.1, 0.15) is 26.2 Å². The molecule has 0 unspecified atom stereocenters. The Labute approximate surface area is 112 Å². The summed E-state index contributed by atoms with van der Waals surface area (Å²) in [7, 11) is 1.47. The molecule has 19 heavy (non-hydrogen) atoms. The summed E-state index contributed by atoms with van der Waals surface area (Å²) in [6.07, 6.45) is 0.910. The van der Waals surface area contributed by atoms with Crippen LogP contribution in [-0.4, -0.2) is 61.1 Å².